The Morgan fingerprint density at radius 2 is 1.51 bits per heavy atom. The number of fused-ring (bicyclic) bond motifs is 1. The number of piperazine rings is 1. The fourth-order valence-electron chi connectivity index (χ4n) is 3.90. The van der Waals surface area contributed by atoms with E-state index in [9.17, 15) is 9.59 Å². The number of carbonyl (C=O) groups excluding carboxylic acids is 2. The van der Waals surface area contributed by atoms with Gasteiger partial charge >= 0.3 is 6.09 Å². The summed E-state index contributed by atoms with van der Waals surface area (Å²) in [5, 5.41) is 0. The highest BCUT2D eigenvalue weighted by Gasteiger charge is 2.26. The lowest BCUT2D eigenvalue weighted by Gasteiger charge is -2.36. The average Bonchev–Trinajstić information content (AvgIpc) is 2.83. The molecule has 0 radical (unpaired) electrons. The lowest BCUT2D eigenvalue weighted by molar-refractivity contribution is -0.125. The van der Waals surface area contributed by atoms with E-state index in [2.05, 4.69) is 9.88 Å². The third-order valence-electron chi connectivity index (χ3n) is 6.12. The molecule has 1 aliphatic heterocycles. The number of aromatic nitrogens is 2. The second kappa shape index (κ2) is 10.4. The summed E-state index contributed by atoms with van der Waals surface area (Å²) in [5.41, 5.74) is 1.61. The van der Waals surface area contributed by atoms with Crippen LogP contribution in [0.4, 0.5) is 10.6 Å². The molecule has 8 nitrogen and oxygen atoms in total. The molecular formula is C29H36N4O4. The monoisotopic (exact) mass is 504 g/mol. The minimum absolute atomic E-state index is 0.205. The molecule has 1 saturated heterocycles. The number of anilines is 1. The van der Waals surface area contributed by atoms with E-state index in [1.807, 2.05) is 84.0 Å². The second-order valence-corrected chi connectivity index (χ2v) is 11.4. The molecule has 0 spiro atoms. The smallest absolute Gasteiger partial charge is 0.410 e. The van der Waals surface area contributed by atoms with Crippen molar-refractivity contribution in [2.45, 2.75) is 53.6 Å². The zero-order chi connectivity index (χ0) is 26.8. The summed E-state index contributed by atoms with van der Waals surface area (Å²) in [6.45, 7) is 13.9. The Bertz CT molecular complexity index is 1270. The summed E-state index contributed by atoms with van der Waals surface area (Å²) in [7, 11) is 0. The van der Waals surface area contributed by atoms with E-state index in [-0.39, 0.29) is 17.3 Å². The lowest BCUT2D eigenvalue weighted by Crippen LogP contribution is -2.50. The molecule has 1 fully saturated rings. The van der Waals surface area contributed by atoms with E-state index in [0.717, 1.165) is 22.4 Å². The van der Waals surface area contributed by atoms with Crippen LogP contribution in [0.5, 0.6) is 11.5 Å². The molecule has 1 aliphatic rings. The molecule has 2 heterocycles. The number of nitrogens with zero attached hydrogens (tertiary/aromatic N) is 4. The first-order valence-electron chi connectivity index (χ1n) is 12.7. The number of hydrogen-bond donors (Lipinski definition) is 0. The second-order valence-electron chi connectivity index (χ2n) is 11.4. The number of hydrogen-bond acceptors (Lipinski definition) is 7. The van der Waals surface area contributed by atoms with Gasteiger partial charge in [0.15, 0.2) is 0 Å². The Balaban J connectivity index is 1.40. The van der Waals surface area contributed by atoms with Crippen molar-refractivity contribution < 1.29 is 19.1 Å². The Morgan fingerprint density at radius 3 is 2.14 bits per heavy atom. The standard InChI is InChI=1S/C29H36N4O4/c1-28(2,3)25(34)17-20-7-9-21(10-8-20)36-22-11-12-23-24(18-22)31-26(19-30-23)32-13-15-33(16-14-32)27(35)37-29(4,5)6/h7-12,18-19H,13-17H2,1-6H3. The van der Waals surface area contributed by atoms with Crippen molar-refractivity contribution in [3.8, 4) is 11.5 Å². The van der Waals surface area contributed by atoms with Gasteiger partial charge in [-0.1, -0.05) is 32.9 Å². The summed E-state index contributed by atoms with van der Waals surface area (Å²) in [6.07, 6.45) is 1.89. The Morgan fingerprint density at radius 1 is 0.865 bits per heavy atom. The van der Waals surface area contributed by atoms with Crippen LogP contribution < -0.4 is 9.64 Å². The van der Waals surface area contributed by atoms with Gasteiger partial charge in [-0.3, -0.25) is 9.78 Å². The molecule has 37 heavy (non-hydrogen) atoms. The van der Waals surface area contributed by atoms with Gasteiger partial charge in [0.25, 0.3) is 0 Å². The molecule has 8 heteroatoms. The SMILES string of the molecule is CC(C)(C)OC(=O)N1CCN(c2cnc3ccc(Oc4ccc(CC(=O)C(C)(C)C)cc4)cc3n2)CC1. The van der Waals surface area contributed by atoms with Crippen LogP contribution in [-0.2, 0) is 16.0 Å². The first-order chi connectivity index (χ1) is 17.4. The van der Waals surface area contributed by atoms with Crippen molar-refractivity contribution in [3.05, 3.63) is 54.2 Å². The van der Waals surface area contributed by atoms with E-state index < -0.39 is 5.60 Å². The van der Waals surface area contributed by atoms with Crippen LogP contribution in [0.25, 0.3) is 11.0 Å². The van der Waals surface area contributed by atoms with E-state index in [1.165, 1.54) is 0 Å². The van der Waals surface area contributed by atoms with Crippen LogP contribution in [0.3, 0.4) is 0 Å². The number of benzene rings is 2. The predicted octanol–water partition coefficient (Wildman–Crippen LogP) is 5.64. The third-order valence-corrected chi connectivity index (χ3v) is 6.12. The Kier molecular flexibility index (Phi) is 7.39. The average molecular weight is 505 g/mol. The molecule has 196 valence electrons. The number of ether oxygens (including phenoxy) is 2. The maximum Gasteiger partial charge on any atom is 0.410 e. The zero-order valence-corrected chi connectivity index (χ0v) is 22.6. The fourth-order valence-corrected chi connectivity index (χ4v) is 3.90. The number of carbonyl (C=O) groups is 2. The summed E-state index contributed by atoms with van der Waals surface area (Å²) in [4.78, 5) is 37.9. The predicted molar refractivity (Wildman–Crippen MR) is 144 cm³/mol. The number of ketones is 1. The summed E-state index contributed by atoms with van der Waals surface area (Å²) < 4.78 is 11.5. The van der Waals surface area contributed by atoms with E-state index in [0.29, 0.717) is 44.1 Å². The molecule has 0 saturated carbocycles. The molecule has 1 aromatic heterocycles. The van der Waals surface area contributed by atoms with E-state index in [1.54, 1.807) is 11.1 Å². The topological polar surface area (TPSA) is 84.9 Å². The lowest BCUT2D eigenvalue weighted by atomic mass is 9.87. The summed E-state index contributed by atoms with van der Waals surface area (Å²) in [5.74, 6) is 2.32. The van der Waals surface area contributed by atoms with Crippen LogP contribution in [0.1, 0.15) is 47.1 Å². The van der Waals surface area contributed by atoms with Crippen LogP contribution in [0.2, 0.25) is 0 Å². The van der Waals surface area contributed by atoms with Crippen molar-refractivity contribution in [1.82, 2.24) is 14.9 Å². The van der Waals surface area contributed by atoms with Gasteiger partial charge in [-0.2, -0.15) is 0 Å². The number of amides is 1. The van der Waals surface area contributed by atoms with Gasteiger partial charge < -0.3 is 19.3 Å². The molecule has 0 aliphatic carbocycles. The zero-order valence-electron chi connectivity index (χ0n) is 22.6. The molecule has 4 rings (SSSR count). The maximum atomic E-state index is 12.4. The van der Waals surface area contributed by atoms with Crippen LogP contribution in [0, 0.1) is 5.41 Å². The highest BCUT2D eigenvalue weighted by Crippen LogP contribution is 2.27. The molecular weight excluding hydrogens is 468 g/mol. The minimum Gasteiger partial charge on any atom is -0.457 e. The van der Waals surface area contributed by atoms with Gasteiger partial charge in [-0.05, 0) is 50.6 Å². The van der Waals surface area contributed by atoms with Crippen LogP contribution in [-0.4, -0.2) is 58.5 Å². The normalized spacial score (nSPS) is 14.5. The third kappa shape index (κ3) is 6.96. The number of rotatable bonds is 5. The van der Waals surface area contributed by atoms with Crippen molar-refractivity contribution in [3.63, 3.8) is 0 Å². The molecule has 0 atom stereocenters. The fraction of sp³-hybridized carbons (Fsp3) is 0.448. The summed E-state index contributed by atoms with van der Waals surface area (Å²) >= 11 is 0. The first-order valence-corrected chi connectivity index (χ1v) is 12.7. The van der Waals surface area contributed by atoms with Gasteiger partial charge in [-0.15, -0.1) is 0 Å². The van der Waals surface area contributed by atoms with E-state index in [4.69, 9.17) is 14.5 Å². The van der Waals surface area contributed by atoms with E-state index >= 15 is 0 Å². The maximum absolute atomic E-state index is 12.4. The Hall–Kier alpha value is -3.68. The number of Topliss-reactive ketones (excluding diaryl/α,β-unsaturated/α-hetero) is 1. The first kappa shape index (κ1) is 26.4. The van der Waals surface area contributed by atoms with Crippen molar-refractivity contribution in [2.75, 3.05) is 31.1 Å². The largest absolute Gasteiger partial charge is 0.457 e. The highest BCUT2D eigenvalue weighted by atomic mass is 16.6. The molecule has 3 aromatic rings. The molecule has 0 bridgehead atoms. The molecule has 1 amide bonds. The van der Waals surface area contributed by atoms with Gasteiger partial charge in [0.1, 0.15) is 28.7 Å². The molecule has 0 unspecified atom stereocenters. The highest BCUT2D eigenvalue weighted by molar-refractivity contribution is 5.85. The molecule has 0 N–H and O–H groups in total. The summed E-state index contributed by atoms with van der Waals surface area (Å²) in [6, 6.07) is 13.2. The van der Waals surface area contributed by atoms with Gasteiger partial charge in [-0.25, -0.2) is 9.78 Å². The van der Waals surface area contributed by atoms with Crippen molar-refractivity contribution in [2.24, 2.45) is 5.41 Å². The van der Waals surface area contributed by atoms with Gasteiger partial charge in [0.2, 0.25) is 0 Å². The Labute approximate surface area is 218 Å². The quantitative estimate of drug-likeness (QED) is 0.445. The van der Waals surface area contributed by atoms with Crippen LogP contribution in [0.15, 0.2) is 48.7 Å². The van der Waals surface area contributed by atoms with Gasteiger partial charge in [0, 0.05) is 44.1 Å². The van der Waals surface area contributed by atoms with Crippen LogP contribution >= 0.6 is 0 Å². The van der Waals surface area contributed by atoms with Gasteiger partial charge in [0.05, 0.1) is 17.2 Å². The van der Waals surface area contributed by atoms with Crippen molar-refractivity contribution in [1.29, 1.82) is 0 Å². The molecule has 2 aromatic carbocycles. The van der Waals surface area contributed by atoms with Crippen molar-refractivity contribution >= 4 is 28.7 Å². The minimum atomic E-state index is -0.509.